The summed E-state index contributed by atoms with van der Waals surface area (Å²) in [5.74, 6) is -2.75. The molecule has 4 heterocycles. The first-order valence-electron chi connectivity index (χ1n) is 16.4. The molecular formula is C36H44N6O5. The van der Waals surface area contributed by atoms with Crippen molar-refractivity contribution < 1.29 is 24.2 Å². The van der Waals surface area contributed by atoms with Crippen LogP contribution >= 0.6 is 0 Å². The van der Waals surface area contributed by atoms with E-state index in [1.165, 1.54) is 4.90 Å². The maximum atomic E-state index is 15.1. The van der Waals surface area contributed by atoms with E-state index < -0.39 is 41.7 Å². The van der Waals surface area contributed by atoms with Crippen LogP contribution in [-0.4, -0.2) is 96.0 Å². The Hall–Kier alpha value is -4.35. The van der Waals surface area contributed by atoms with E-state index in [4.69, 9.17) is 4.74 Å². The van der Waals surface area contributed by atoms with Crippen LogP contribution in [-0.2, 0) is 25.8 Å². The zero-order valence-corrected chi connectivity index (χ0v) is 27.4. The molecule has 3 aliphatic heterocycles. The lowest BCUT2D eigenvalue weighted by atomic mass is 9.62. The van der Waals surface area contributed by atoms with Gasteiger partial charge in [-0.2, -0.15) is 0 Å². The van der Waals surface area contributed by atoms with Crippen LogP contribution in [0.4, 0.5) is 0 Å². The Morgan fingerprint density at radius 3 is 2.45 bits per heavy atom. The van der Waals surface area contributed by atoms with Gasteiger partial charge in [-0.1, -0.05) is 73.7 Å². The molecule has 0 aliphatic carbocycles. The van der Waals surface area contributed by atoms with Crippen molar-refractivity contribution in [2.24, 2.45) is 17.8 Å². The lowest BCUT2D eigenvalue weighted by molar-refractivity contribution is -0.158. The second kappa shape index (κ2) is 12.7. The van der Waals surface area contributed by atoms with Gasteiger partial charge in [0.15, 0.2) is 0 Å². The number of hydrogen-bond acceptors (Lipinski definition) is 7. The molecule has 0 radical (unpaired) electrons. The Labute approximate surface area is 275 Å². The van der Waals surface area contributed by atoms with Gasteiger partial charge in [-0.3, -0.25) is 14.4 Å². The third-order valence-electron chi connectivity index (χ3n) is 10.5. The number of aromatic nitrogens is 3. The van der Waals surface area contributed by atoms with Gasteiger partial charge in [-0.25, -0.2) is 4.68 Å². The summed E-state index contributed by atoms with van der Waals surface area (Å²) < 4.78 is 8.64. The largest absolute Gasteiger partial charge is 0.394 e. The Morgan fingerprint density at radius 2 is 1.77 bits per heavy atom. The number of benzene rings is 2. The standard InChI is InChI=1S/C36H44N6O5/c1-6-18-39(19-7-2)32(44)29-30-33(45)42(28(22-43)25-14-10-9-11-15-25)31(36(30)21-24(4)35(29,5)47-36)34(46)40(20-8-3)23-41-27-17-13-12-16-26(27)37-38-41/h6,8-17,24,28-31,43H,1,3,7,18-23H2,2,4-5H3/t24?,28-,29-,30+,31?,35+,36?/m1/s1. The van der Waals surface area contributed by atoms with Crippen LogP contribution in [0.15, 0.2) is 79.9 Å². The molecule has 3 amide bonds. The van der Waals surface area contributed by atoms with Crippen molar-refractivity contribution in [3.63, 3.8) is 0 Å². The lowest BCUT2D eigenvalue weighted by Crippen LogP contribution is -2.57. The predicted molar refractivity (Wildman–Crippen MR) is 176 cm³/mol. The van der Waals surface area contributed by atoms with Crippen molar-refractivity contribution in [3.8, 4) is 0 Å². The Kier molecular flexibility index (Phi) is 8.80. The van der Waals surface area contributed by atoms with E-state index >= 15 is 4.79 Å². The molecule has 11 nitrogen and oxygen atoms in total. The molecule has 1 aromatic heterocycles. The van der Waals surface area contributed by atoms with Crippen molar-refractivity contribution in [1.29, 1.82) is 0 Å². The second-order valence-electron chi connectivity index (χ2n) is 13.2. The zero-order valence-electron chi connectivity index (χ0n) is 27.4. The van der Waals surface area contributed by atoms with Crippen molar-refractivity contribution in [2.45, 2.75) is 63.6 Å². The second-order valence-corrected chi connectivity index (χ2v) is 13.2. The SMILES string of the molecule is C=CCN(Cn1nnc2ccccc21)C(=O)C1N([C@H](CO)c2ccccc2)C(=O)[C@@H]2[C@H](C(=O)N(CC=C)CCC)[C@@]3(C)OC12CC3C. The van der Waals surface area contributed by atoms with Crippen molar-refractivity contribution in [2.75, 3.05) is 26.2 Å². The van der Waals surface area contributed by atoms with Gasteiger partial charge >= 0.3 is 0 Å². The zero-order chi connectivity index (χ0) is 33.5. The van der Waals surface area contributed by atoms with Gasteiger partial charge in [-0.15, -0.1) is 18.3 Å². The van der Waals surface area contributed by atoms with Gasteiger partial charge in [0.2, 0.25) is 17.7 Å². The molecule has 3 saturated heterocycles. The number of para-hydroxylation sites is 1. The number of hydrogen-bond donors (Lipinski definition) is 1. The molecule has 47 heavy (non-hydrogen) atoms. The highest BCUT2D eigenvalue weighted by molar-refractivity contribution is 5.99. The molecule has 1 spiro atoms. The molecule has 248 valence electrons. The molecule has 3 unspecified atom stereocenters. The fraction of sp³-hybridized carbons (Fsp3) is 0.472. The Bertz CT molecular complexity index is 1680. The number of aliphatic hydroxyl groups is 1. The first-order valence-corrected chi connectivity index (χ1v) is 16.4. The van der Waals surface area contributed by atoms with E-state index in [0.29, 0.717) is 30.6 Å². The van der Waals surface area contributed by atoms with Gasteiger partial charge in [-0.05, 0) is 43.4 Å². The van der Waals surface area contributed by atoms with Crippen LogP contribution in [0, 0.1) is 17.8 Å². The van der Waals surface area contributed by atoms with Gasteiger partial charge < -0.3 is 24.5 Å². The van der Waals surface area contributed by atoms with Gasteiger partial charge in [0, 0.05) is 19.6 Å². The predicted octanol–water partition coefficient (Wildman–Crippen LogP) is 3.57. The molecule has 3 fully saturated rings. The maximum absolute atomic E-state index is 15.1. The van der Waals surface area contributed by atoms with Crippen LogP contribution in [0.1, 0.15) is 45.2 Å². The number of carbonyl (C=O) groups is 3. The maximum Gasteiger partial charge on any atom is 0.250 e. The number of fused-ring (bicyclic) bond motifs is 2. The molecule has 2 aromatic carbocycles. The molecule has 2 bridgehead atoms. The minimum Gasteiger partial charge on any atom is -0.394 e. The number of ether oxygens (including phenoxy) is 1. The molecule has 3 aromatic rings. The summed E-state index contributed by atoms with van der Waals surface area (Å²) in [5.41, 5.74) is -0.129. The molecule has 6 rings (SSSR count). The van der Waals surface area contributed by atoms with Crippen LogP contribution in [0.3, 0.4) is 0 Å². The van der Waals surface area contributed by atoms with Crippen LogP contribution < -0.4 is 0 Å². The smallest absolute Gasteiger partial charge is 0.250 e. The van der Waals surface area contributed by atoms with E-state index in [1.54, 1.807) is 26.6 Å². The summed E-state index contributed by atoms with van der Waals surface area (Å²) in [6, 6.07) is 14.7. The van der Waals surface area contributed by atoms with Crippen molar-refractivity contribution in [3.05, 3.63) is 85.5 Å². The minimum atomic E-state index is -1.29. The van der Waals surface area contributed by atoms with Crippen LogP contribution in [0.2, 0.25) is 0 Å². The number of likely N-dealkylation sites (tertiary alicyclic amines) is 1. The molecule has 7 atom stereocenters. The van der Waals surface area contributed by atoms with Crippen LogP contribution in [0.25, 0.3) is 11.0 Å². The number of amides is 3. The first kappa shape index (κ1) is 32.6. The number of nitrogens with zero attached hydrogens (tertiary/aromatic N) is 6. The fourth-order valence-corrected chi connectivity index (χ4v) is 8.34. The van der Waals surface area contributed by atoms with E-state index in [1.807, 2.05) is 75.4 Å². The summed E-state index contributed by atoms with van der Waals surface area (Å²) in [4.78, 5) is 49.4. The highest BCUT2D eigenvalue weighted by Crippen LogP contribution is 2.66. The summed E-state index contributed by atoms with van der Waals surface area (Å²) in [6.45, 7) is 14.4. The summed E-state index contributed by atoms with van der Waals surface area (Å²) >= 11 is 0. The number of rotatable bonds is 13. The molecular weight excluding hydrogens is 596 g/mol. The highest BCUT2D eigenvalue weighted by atomic mass is 16.5. The monoisotopic (exact) mass is 640 g/mol. The van der Waals surface area contributed by atoms with Gasteiger partial charge in [0.05, 0.1) is 35.6 Å². The first-order chi connectivity index (χ1) is 22.7. The van der Waals surface area contributed by atoms with E-state index in [9.17, 15) is 14.7 Å². The van der Waals surface area contributed by atoms with E-state index in [2.05, 4.69) is 23.5 Å². The third-order valence-corrected chi connectivity index (χ3v) is 10.5. The van der Waals surface area contributed by atoms with E-state index in [0.717, 1.165) is 11.9 Å². The number of aliphatic hydroxyl groups excluding tert-OH is 1. The average molecular weight is 641 g/mol. The molecule has 3 aliphatic rings. The van der Waals surface area contributed by atoms with Gasteiger partial charge in [0.1, 0.15) is 23.8 Å². The molecule has 1 N–H and O–H groups in total. The summed E-state index contributed by atoms with van der Waals surface area (Å²) in [6.07, 6.45) is 4.48. The Morgan fingerprint density at radius 1 is 1.09 bits per heavy atom. The van der Waals surface area contributed by atoms with Crippen LogP contribution in [0.5, 0.6) is 0 Å². The lowest BCUT2D eigenvalue weighted by Gasteiger charge is -2.39. The Balaban J connectivity index is 1.48. The average Bonchev–Trinajstić information content (AvgIpc) is 3.74. The number of carbonyl (C=O) groups excluding carboxylic acids is 3. The summed E-state index contributed by atoms with van der Waals surface area (Å²) in [5, 5.41) is 19.4. The minimum absolute atomic E-state index is 0.0541. The van der Waals surface area contributed by atoms with Crippen molar-refractivity contribution >= 4 is 28.8 Å². The van der Waals surface area contributed by atoms with Gasteiger partial charge in [0.25, 0.3) is 0 Å². The van der Waals surface area contributed by atoms with Crippen molar-refractivity contribution in [1.82, 2.24) is 29.7 Å². The highest BCUT2D eigenvalue weighted by Gasteiger charge is 2.80. The molecule has 0 saturated carbocycles. The molecule has 11 heteroatoms. The third kappa shape index (κ3) is 5.07. The summed E-state index contributed by atoms with van der Waals surface area (Å²) in [7, 11) is 0. The fourth-order valence-electron chi connectivity index (χ4n) is 8.34. The normalized spacial score (nSPS) is 28.3. The van der Waals surface area contributed by atoms with E-state index in [-0.39, 0.29) is 36.9 Å². The quantitative estimate of drug-likeness (QED) is 0.284. The topological polar surface area (TPSA) is 121 Å².